The lowest BCUT2D eigenvalue weighted by atomic mass is 10.1. The van der Waals surface area contributed by atoms with Crippen LogP contribution in [0.5, 0.6) is 5.75 Å². The molecule has 0 spiro atoms. The van der Waals surface area contributed by atoms with E-state index in [2.05, 4.69) is 9.97 Å². The van der Waals surface area contributed by atoms with Gasteiger partial charge in [0.15, 0.2) is 5.82 Å². The first kappa shape index (κ1) is 12.9. The third-order valence-corrected chi connectivity index (χ3v) is 3.16. The van der Waals surface area contributed by atoms with Crippen LogP contribution in [0.25, 0.3) is 22.5 Å². The summed E-state index contributed by atoms with van der Waals surface area (Å²) in [5.41, 5.74) is 14.9. The van der Waals surface area contributed by atoms with Gasteiger partial charge in [-0.3, -0.25) is 0 Å². The largest absolute Gasteiger partial charge is 0.507 e. The molecule has 0 amide bonds. The number of hydrogen-bond acceptors (Lipinski definition) is 5. The lowest BCUT2D eigenvalue weighted by Gasteiger charge is -2.06. The molecule has 5 heteroatoms. The van der Waals surface area contributed by atoms with E-state index in [9.17, 15) is 5.11 Å². The van der Waals surface area contributed by atoms with Gasteiger partial charge in [-0.05, 0) is 29.8 Å². The summed E-state index contributed by atoms with van der Waals surface area (Å²) in [5, 5.41) is 9.89. The van der Waals surface area contributed by atoms with E-state index in [1.807, 2.05) is 24.3 Å². The van der Waals surface area contributed by atoms with Gasteiger partial charge in [0.2, 0.25) is 0 Å². The predicted molar refractivity (Wildman–Crippen MR) is 83.4 cm³/mol. The number of nitrogen functional groups attached to an aromatic ring is 2. The highest BCUT2D eigenvalue weighted by molar-refractivity contribution is 5.69. The number of anilines is 2. The Morgan fingerprint density at radius 1 is 0.762 bits per heavy atom. The third kappa shape index (κ3) is 2.62. The molecule has 5 N–H and O–H groups in total. The molecule has 0 aliphatic carbocycles. The molecule has 0 fully saturated rings. The molecule has 1 heterocycles. The molecular weight excluding hydrogens is 264 g/mol. The van der Waals surface area contributed by atoms with Crippen LogP contribution in [-0.4, -0.2) is 15.1 Å². The number of aromatic hydroxyl groups is 1. The lowest BCUT2D eigenvalue weighted by Crippen LogP contribution is -1.92. The Balaban J connectivity index is 1.95. The predicted octanol–water partition coefficient (Wildman–Crippen LogP) is 2.68. The van der Waals surface area contributed by atoms with E-state index in [0.29, 0.717) is 22.8 Å². The number of nitrogens with two attached hydrogens (primary N) is 2. The summed E-state index contributed by atoms with van der Waals surface area (Å²) in [6.45, 7) is 0. The lowest BCUT2D eigenvalue weighted by molar-refractivity contribution is 0.477. The summed E-state index contributed by atoms with van der Waals surface area (Å²) in [4.78, 5) is 8.59. The summed E-state index contributed by atoms with van der Waals surface area (Å²) in [6.07, 6.45) is 3.42. The van der Waals surface area contributed by atoms with Crippen molar-refractivity contribution < 1.29 is 5.11 Å². The van der Waals surface area contributed by atoms with E-state index in [1.54, 1.807) is 24.5 Å². The van der Waals surface area contributed by atoms with Crippen molar-refractivity contribution in [3.8, 4) is 28.3 Å². The molecule has 0 saturated carbocycles. The highest BCUT2D eigenvalue weighted by Crippen LogP contribution is 2.29. The summed E-state index contributed by atoms with van der Waals surface area (Å²) in [7, 11) is 0. The van der Waals surface area contributed by atoms with Gasteiger partial charge < -0.3 is 16.6 Å². The van der Waals surface area contributed by atoms with Crippen LogP contribution in [0.15, 0.2) is 54.9 Å². The minimum absolute atomic E-state index is 0.0650. The van der Waals surface area contributed by atoms with Gasteiger partial charge >= 0.3 is 0 Å². The Bertz CT molecular complexity index is 767. The number of rotatable bonds is 2. The second-order valence-corrected chi connectivity index (χ2v) is 4.69. The highest BCUT2D eigenvalue weighted by atomic mass is 16.3. The van der Waals surface area contributed by atoms with Gasteiger partial charge in [-0.2, -0.15) is 0 Å². The Morgan fingerprint density at radius 3 is 2.00 bits per heavy atom. The molecular formula is C16H14N4O. The van der Waals surface area contributed by atoms with E-state index < -0.39 is 0 Å². The number of nitrogens with zero attached hydrogens (tertiary/aromatic N) is 2. The SMILES string of the molecule is Nc1ccc(-c2cnc(-c3ccc(N)cc3O)nc2)cc1. The number of aromatic nitrogens is 2. The Kier molecular flexibility index (Phi) is 3.16. The molecule has 3 rings (SSSR count). The summed E-state index contributed by atoms with van der Waals surface area (Å²) < 4.78 is 0. The van der Waals surface area contributed by atoms with Crippen molar-refractivity contribution in [1.82, 2.24) is 9.97 Å². The van der Waals surface area contributed by atoms with Crippen LogP contribution in [-0.2, 0) is 0 Å². The fraction of sp³-hybridized carbons (Fsp3) is 0. The number of phenols is 1. The number of hydrogen-bond donors (Lipinski definition) is 3. The average molecular weight is 278 g/mol. The molecule has 5 nitrogen and oxygen atoms in total. The molecule has 0 bridgehead atoms. The minimum atomic E-state index is 0.0650. The van der Waals surface area contributed by atoms with Crippen LogP contribution < -0.4 is 11.5 Å². The number of benzene rings is 2. The van der Waals surface area contributed by atoms with E-state index in [-0.39, 0.29) is 5.75 Å². The van der Waals surface area contributed by atoms with E-state index in [1.165, 1.54) is 6.07 Å². The highest BCUT2D eigenvalue weighted by Gasteiger charge is 2.08. The van der Waals surface area contributed by atoms with Gasteiger partial charge in [-0.25, -0.2) is 9.97 Å². The maximum atomic E-state index is 9.89. The Morgan fingerprint density at radius 2 is 1.38 bits per heavy atom. The topological polar surface area (TPSA) is 98.0 Å². The quantitative estimate of drug-likeness (QED) is 0.626. The van der Waals surface area contributed by atoms with Gasteiger partial charge in [-0.15, -0.1) is 0 Å². The maximum absolute atomic E-state index is 9.89. The van der Waals surface area contributed by atoms with Crippen LogP contribution in [0.4, 0.5) is 11.4 Å². The zero-order valence-electron chi connectivity index (χ0n) is 11.2. The summed E-state index contributed by atoms with van der Waals surface area (Å²) in [6, 6.07) is 12.4. The molecule has 0 atom stereocenters. The van der Waals surface area contributed by atoms with E-state index in [4.69, 9.17) is 11.5 Å². The molecule has 0 saturated heterocycles. The molecule has 0 aliphatic rings. The summed E-state index contributed by atoms with van der Waals surface area (Å²) >= 11 is 0. The molecule has 104 valence electrons. The molecule has 3 aromatic rings. The van der Waals surface area contributed by atoms with E-state index >= 15 is 0 Å². The van der Waals surface area contributed by atoms with Crippen molar-refractivity contribution >= 4 is 11.4 Å². The Hall–Kier alpha value is -3.08. The first-order valence-corrected chi connectivity index (χ1v) is 6.40. The van der Waals surface area contributed by atoms with Gasteiger partial charge in [0.05, 0.1) is 5.56 Å². The van der Waals surface area contributed by atoms with E-state index in [0.717, 1.165) is 11.1 Å². The van der Waals surface area contributed by atoms with Gasteiger partial charge in [0.1, 0.15) is 5.75 Å². The zero-order chi connectivity index (χ0) is 14.8. The second-order valence-electron chi connectivity index (χ2n) is 4.69. The van der Waals surface area contributed by atoms with Gasteiger partial charge in [-0.1, -0.05) is 12.1 Å². The van der Waals surface area contributed by atoms with Crippen molar-refractivity contribution in [2.75, 3.05) is 11.5 Å². The van der Waals surface area contributed by atoms with Crippen LogP contribution in [0.2, 0.25) is 0 Å². The first-order chi connectivity index (χ1) is 10.1. The standard InChI is InChI=1S/C16H14N4O/c17-12-3-1-10(2-4-12)11-8-19-16(20-9-11)14-6-5-13(18)7-15(14)21/h1-9,21H,17-18H2. The third-order valence-electron chi connectivity index (χ3n) is 3.16. The van der Waals surface area contributed by atoms with Crippen molar-refractivity contribution in [1.29, 1.82) is 0 Å². The molecule has 0 unspecified atom stereocenters. The van der Waals surface area contributed by atoms with Crippen molar-refractivity contribution in [3.63, 3.8) is 0 Å². The average Bonchev–Trinajstić information content (AvgIpc) is 2.48. The zero-order valence-corrected chi connectivity index (χ0v) is 11.2. The first-order valence-electron chi connectivity index (χ1n) is 6.40. The van der Waals surface area contributed by atoms with Crippen LogP contribution >= 0.6 is 0 Å². The minimum Gasteiger partial charge on any atom is -0.507 e. The van der Waals surface area contributed by atoms with Crippen LogP contribution in [0, 0.1) is 0 Å². The van der Waals surface area contributed by atoms with Gasteiger partial charge in [0, 0.05) is 35.4 Å². The maximum Gasteiger partial charge on any atom is 0.162 e. The number of phenolic OH excluding ortho intramolecular Hbond substituents is 1. The Labute approximate surface area is 121 Å². The summed E-state index contributed by atoms with van der Waals surface area (Å²) in [5.74, 6) is 0.516. The fourth-order valence-corrected chi connectivity index (χ4v) is 2.03. The second kappa shape index (κ2) is 5.13. The molecule has 21 heavy (non-hydrogen) atoms. The van der Waals surface area contributed by atoms with Crippen molar-refractivity contribution in [2.45, 2.75) is 0 Å². The molecule has 0 radical (unpaired) electrons. The molecule has 2 aromatic carbocycles. The van der Waals surface area contributed by atoms with Crippen molar-refractivity contribution in [3.05, 3.63) is 54.9 Å². The van der Waals surface area contributed by atoms with Crippen molar-refractivity contribution in [2.24, 2.45) is 0 Å². The van der Waals surface area contributed by atoms with Crippen LogP contribution in [0.1, 0.15) is 0 Å². The molecule has 0 aliphatic heterocycles. The van der Waals surface area contributed by atoms with Crippen LogP contribution in [0.3, 0.4) is 0 Å². The normalized spacial score (nSPS) is 10.5. The van der Waals surface area contributed by atoms with Gasteiger partial charge in [0.25, 0.3) is 0 Å². The molecule has 1 aromatic heterocycles. The smallest absolute Gasteiger partial charge is 0.162 e. The fourth-order valence-electron chi connectivity index (χ4n) is 2.03. The monoisotopic (exact) mass is 278 g/mol.